The van der Waals surface area contributed by atoms with Crippen LogP contribution < -0.4 is 84.1 Å². The second-order valence-corrected chi connectivity index (χ2v) is 16.1. The molecule has 2 heterocycles. The zero-order chi connectivity index (χ0) is 40.4. The number of phosphoric acid groups is 1. The van der Waals surface area contributed by atoms with Gasteiger partial charge in [0.05, 0.1) is 11.6 Å². The Balaban J connectivity index is 0.00000372. The van der Waals surface area contributed by atoms with Crippen LogP contribution in [0.2, 0.25) is 0 Å². The summed E-state index contributed by atoms with van der Waals surface area (Å²) in [7, 11) is -5.40. The molecule has 6 rings (SSSR count). The Morgan fingerprint density at radius 3 is 2.24 bits per heavy atom. The Hall–Kier alpha value is -3.68. The van der Waals surface area contributed by atoms with E-state index in [0.29, 0.717) is 44.5 Å². The van der Waals surface area contributed by atoms with Gasteiger partial charge in [-0.15, -0.1) is 0 Å². The number of alkyl carbamates (subject to hydrolysis) is 1. The molecule has 0 fully saturated rings. The number of hydrogen-bond donors (Lipinski definition) is 2. The summed E-state index contributed by atoms with van der Waals surface area (Å²) >= 11 is 0. The van der Waals surface area contributed by atoms with Crippen molar-refractivity contribution >= 4 is 47.6 Å². The normalized spacial score (nSPS) is 13.1. The number of carbonyl (C=O) groups is 3. The van der Waals surface area contributed by atoms with Gasteiger partial charge in [-0.3, -0.25) is 14.2 Å². The van der Waals surface area contributed by atoms with Gasteiger partial charge in [0, 0.05) is 40.8 Å². The first kappa shape index (κ1) is 47.0. The number of fused-ring (bicyclic) bond motifs is 2. The van der Waals surface area contributed by atoms with Crippen LogP contribution in [0.15, 0.2) is 108 Å². The smallest absolute Gasteiger partial charge is 0.780 e. The topological polar surface area (TPSA) is 175 Å². The van der Waals surface area contributed by atoms with Gasteiger partial charge < -0.3 is 38.7 Å². The number of para-hydroxylation sites is 2. The van der Waals surface area contributed by atoms with Crippen molar-refractivity contribution in [3.8, 4) is 5.75 Å². The summed E-state index contributed by atoms with van der Waals surface area (Å²) in [6.07, 6.45) is 0.678. The number of nitrogens with one attached hydrogen (secondary N) is 2. The molecule has 292 valence electrons. The molecule has 2 aromatic heterocycles. The first-order valence-corrected chi connectivity index (χ1v) is 19.6. The second kappa shape index (κ2) is 19.1. The molecule has 0 bridgehead atoms. The number of hydrogen-bond acceptors (Lipinski definition) is 9. The Bertz CT molecular complexity index is 2440. The third-order valence-corrected chi connectivity index (χ3v) is 10.3. The van der Waals surface area contributed by atoms with Gasteiger partial charge in [0.1, 0.15) is 30.5 Å². The van der Waals surface area contributed by atoms with Gasteiger partial charge in [0.2, 0.25) is 11.8 Å². The average molecular weight is 824 g/mol. The summed E-state index contributed by atoms with van der Waals surface area (Å²) in [5, 5.41) is 7.38. The number of furan rings is 1. The van der Waals surface area contributed by atoms with Crippen LogP contribution in [0.4, 0.5) is 4.79 Å². The molecule has 2 amide bonds. The quantitative estimate of drug-likeness (QED) is 0.129. The molecule has 0 aliphatic heterocycles. The molecule has 12 nitrogen and oxygen atoms in total. The molecule has 4 aromatic carbocycles. The zero-order valence-electron chi connectivity index (χ0n) is 34.1. The first-order chi connectivity index (χ1) is 26.4. The van der Waals surface area contributed by atoms with E-state index in [0.717, 1.165) is 10.9 Å². The fourth-order valence-corrected chi connectivity index (χ4v) is 7.77. The van der Waals surface area contributed by atoms with Crippen molar-refractivity contribution < 1.29 is 102 Å². The van der Waals surface area contributed by atoms with E-state index in [-0.39, 0.29) is 90.2 Å². The average Bonchev–Trinajstić information content (AvgIpc) is 3.71. The third kappa shape index (κ3) is 11.1. The van der Waals surface area contributed by atoms with Crippen LogP contribution in [-0.2, 0) is 32.5 Å². The molecule has 0 radical (unpaired) electrons. The van der Waals surface area contributed by atoms with Crippen LogP contribution in [0.25, 0.3) is 21.9 Å². The van der Waals surface area contributed by atoms with Gasteiger partial charge in [0.15, 0.2) is 6.61 Å². The summed E-state index contributed by atoms with van der Waals surface area (Å²) in [5.41, 5.74) is 1.90. The van der Waals surface area contributed by atoms with E-state index in [1.54, 1.807) is 59.0 Å². The molecule has 0 spiro atoms. The Morgan fingerprint density at radius 2 is 1.55 bits per heavy atom. The summed E-state index contributed by atoms with van der Waals surface area (Å²) in [6, 6.07) is 28.7. The number of aryl methyl sites for hydroxylation is 2. The van der Waals surface area contributed by atoms with Crippen LogP contribution in [0, 0.1) is 13.8 Å². The third-order valence-electron chi connectivity index (χ3n) is 9.88. The SMILES string of the molecule is Cc1cc(C)c(C(C)(C)CC(=O)n2cc(C[C@@](C)(NC(=O)OCc3cc4ccccc4o3)C(=O)N[C@H](C)c3ccccc3)c3ccccc32)c(OP(=O)([O-])[O-])c1.[Na+].[Na+]. The number of amides is 2. The van der Waals surface area contributed by atoms with E-state index in [1.807, 2.05) is 79.7 Å². The minimum atomic E-state index is -5.40. The maximum atomic E-state index is 14.3. The van der Waals surface area contributed by atoms with Crippen LogP contribution in [0.3, 0.4) is 0 Å². The van der Waals surface area contributed by atoms with Crippen LogP contribution in [0.1, 0.15) is 78.5 Å². The molecule has 0 saturated heterocycles. The molecule has 0 aliphatic rings. The van der Waals surface area contributed by atoms with Gasteiger partial charge in [-0.1, -0.05) is 86.6 Å². The molecule has 15 heteroatoms. The zero-order valence-corrected chi connectivity index (χ0v) is 39.0. The van der Waals surface area contributed by atoms with Crippen molar-refractivity contribution in [2.75, 3.05) is 0 Å². The largest absolute Gasteiger partial charge is 1.00 e. The van der Waals surface area contributed by atoms with Crippen molar-refractivity contribution in [3.05, 3.63) is 137 Å². The fourth-order valence-electron chi connectivity index (χ4n) is 7.39. The molecule has 0 unspecified atom stereocenters. The van der Waals surface area contributed by atoms with E-state index in [2.05, 4.69) is 10.6 Å². The van der Waals surface area contributed by atoms with Crippen molar-refractivity contribution in [2.24, 2.45) is 0 Å². The van der Waals surface area contributed by atoms with Gasteiger partial charge in [-0.2, -0.15) is 0 Å². The molecule has 0 saturated carbocycles. The summed E-state index contributed by atoms with van der Waals surface area (Å²) < 4.78 is 29.5. The molecule has 58 heavy (non-hydrogen) atoms. The van der Waals surface area contributed by atoms with E-state index >= 15 is 0 Å². The predicted octanol–water partition coefficient (Wildman–Crippen LogP) is 1.33. The maximum absolute atomic E-state index is 14.3. The summed E-state index contributed by atoms with van der Waals surface area (Å²) in [6.45, 7) is 10.4. The molecule has 6 aromatic rings. The van der Waals surface area contributed by atoms with E-state index in [9.17, 15) is 28.7 Å². The van der Waals surface area contributed by atoms with E-state index in [1.165, 1.54) is 10.6 Å². The minimum Gasteiger partial charge on any atom is -0.780 e. The monoisotopic (exact) mass is 823 g/mol. The van der Waals surface area contributed by atoms with Gasteiger partial charge in [-0.25, -0.2) is 4.79 Å². The van der Waals surface area contributed by atoms with Crippen LogP contribution >= 0.6 is 7.82 Å². The number of benzene rings is 4. The predicted molar refractivity (Wildman–Crippen MR) is 209 cm³/mol. The first-order valence-electron chi connectivity index (χ1n) is 18.2. The number of carbonyl (C=O) groups excluding carboxylic acids is 3. The summed E-state index contributed by atoms with van der Waals surface area (Å²) in [5.74, 6) is -0.492. The number of aromatic nitrogens is 1. The number of nitrogens with zero attached hydrogens (tertiary/aromatic N) is 1. The van der Waals surface area contributed by atoms with E-state index < -0.39 is 36.8 Å². The maximum Gasteiger partial charge on any atom is 1.00 e. The Morgan fingerprint density at radius 1 is 0.897 bits per heavy atom. The second-order valence-electron chi connectivity index (χ2n) is 15.1. The van der Waals surface area contributed by atoms with Gasteiger partial charge >= 0.3 is 65.2 Å². The number of phosphoric ester groups is 1. The van der Waals surface area contributed by atoms with E-state index in [4.69, 9.17) is 13.7 Å². The number of rotatable bonds is 13. The van der Waals surface area contributed by atoms with Crippen molar-refractivity contribution in [3.63, 3.8) is 0 Å². The van der Waals surface area contributed by atoms with Gasteiger partial charge in [-0.05, 0) is 74.2 Å². The standard InChI is InChI=1S/C43H46N3O9P.2Na/c1-27-20-28(2)39(37(21-27)55-56(50,51)52)42(4,5)24-38(47)46-25-32(34-17-11-12-18-35(34)46)23-43(6,40(48)44-29(3)30-14-8-7-9-15-30)45-41(49)53-26-33-22-31-16-10-13-19-36(31)54-33;;/h7-22,25,29H,23-24,26H2,1-6H3,(H,44,48)(H,45,49)(H2,50,51,52);;/q;2*+1/p-2/t29-,43-;;/m1../s1. The molecule has 2 N–H and O–H groups in total. The van der Waals surface area contributed by atoms with Gasteiger partial charge in [0.25, 0.3) is 0 Å². The Kier molecular flexibility index (Phi) is 15.5. The minimum absolute atomic E-state index is 0. The Labute approximate surface area is 381 Å². The van der Waals surface area contributed by atoms with Crippen LogP contribution in [0.5, 0.6) is 5.75 Å². The number of ether oxygens (including phenoxy) is 1. The van der Waals surface area contributed by atoms with Crippen molar-refractivity contribution in [1.82, 2.24) is 15.2 Å². The molecule has 0 aliphatic carbocycles. The molecule has 2 atom stereocenters. The molecular weight excluding hydrogens is 779 g/mol. The van der Waals surface area contributed by atoms with Crippen LogP contribution in [-0.4, -0.2) is 28.0 Å². The fraction of sp³-hybridized carbons (Fsp3) is 0.279. The summed E-state index contributed by atoms with van der Waals surface area (Å²) in [4.78, 5) is 65.4. The van der Waals surface area contributed by atoms with Crippen molar-refractivity contribution in [1.29, 1.82) is 0 Å². The molecular formula is C43H44N3Na2O9P. The van der Waals surface area contributed by atoms with Crippen molar-refractivity contribution in [2.45, 2.75) is 78.0 Å².